The van der Waals surface area contributed by atoms with Gasteiger partial charge in [-0.25, -0.2) is 14.4 Å². The summed E-state index contributed by atoms with van der Waals surface area (Å²) in [4.78, 5) is 28.6. The maximum Gasteiger partial charge on any atom is 0.254 e. The van der Waals surface area contributed by atoms with Gasteiger partial charge in [0, 0.05) is 27.2 Å². The van der Waals surface area contributed by atoms with Crippen LogP contribution in [0.4, 0.5) is 10.3 Å². The first-order valence-electron chi connectivity index (χ1n) is 8.46. The van der Waals surface area contributed by atoms with E-state index in [0.29, 0.717) is 19.0 Å². The standard InChI is InChI=1S/C18H22FN5O2/c1-11-8-24(9-12(2)26-11)18-21-10-20-16(22-18)15-13(17(25)23(3)4)6-5-7-14(15)19/h5-7,10-12H,8-9H2,1-4H3/t11-,12+. The van der Waals surface area contributed by atoms with Crippen molar-refractivity contribution in [3.05, 3.63) is 35.9 Å². The Morgan fingerprint density at radius 2 is 1.92 bits per heavy atom. The highest BCUT2D eigenvalue weighted by atomic mass is 19.1. The van der Waals surface area contributed by atoms with E-state index in [1.54, 1.807) is 20.2 Å². The molecule has 2 atom stereocenters. The molecule has 2 heterocycles. The fourth-order valence-electron chi connectivity index (χ4n) is 3.07. The molecule has 7 nitrogen and oxygen atoms in total. The predicted molar refractivity (Wildman–Crippen MR) is 95.5 cm³/mol. The Hall–Kier alpha value is -2.61. The average Bonchev–Trinajstić information content (AvgIpc) is 2.60. The maximum atomic E-state index is 14.6. The zero-order chi connectivity index (χ0) is 18.8. The van der Waals surface area contributed by atoms with Gasteiger partial charge in [-0.15, -0.1) is 0 Å². The van der Waals surface area contributed by atoms with Crippen molar-refractivity contribution in [1.29, 1.82) is 0 Å². The number of morpholine rings is 1. The second kappa shape index (κ2) is 7.33. The van der Waals surface area contributed by atoms with E-state index in [1.807, 2.05) is 18.7 Å². The third-order valence-corrected chi connectivity index (χ3v) is 4.14. The SMILES string of the molecule is C[C@@H]1CN(c2ncnc(-c3c(F)cccc3C(=O)N(C)C)n2)C[C@H](C)O1. The van der Waals surface area contributed by atoms with Gasteiger partial charge in [0.15, 0.2) is 5.82 Å². The number of nitrogens with zero attached hydrogens (tertiary/aromatic N) is 5. The second-order valence-corrected chi connectivity index (χ2v) is 6.63. The van der Waals surface area contributed by atoms with Crippen LogP contribution in [0.2, 0.25) is 0 Å². The van der Waals surface area contributed by atoms with E-state index in [4.69, 9.17) is 4.74 Å². The van der Waals surface area contributed by atoms with Crippen LogP contribution in [0.5, 0.6) is 0 Å². The maximum absolute atomic E-state index is 14.6. The number of aromatic nitrogens is 3. The molecule has 1 amide bonds. The molecule has 1 fully saturated rings. The van der Waals surface area contributed by atoms with E-state index in [-0.39, 0.29) is 35.1 Å². The van der Waals surface area contributed by atoms with Gasteiger partial charge in [0.05, 0.1) is 23.3 Å². The van der Waals surface area contributed by atoms with Crippen molar-refractivity contribution < 1.29 is 13.9 Å². The topological polar surface area (TPSA) is 71.5 Å². The van der Waals surface area contributed by atoms with Crippen LogP contribution in [0.1, 0.15) is 24.2 Å². The van der Waals surface area contributed by atoms with Crippen molar-refractivity contribution in [2.75, 3.05) is 32.1 Å². The zero-order valence-electron chi connectivity index (χ0n) is 15.3. The van der Waals surface area contributed by atoms with Gasteiger partial charge in [-0.2, -0.15) is 4.98 Å². The zero-order valence-corrected chi connectivity index (χ0v) is 15.3. The Morgan fingerprint density at radius 1 is 1.23 bits per heavy atom. The molecule has 1 aliphatic rings. The van der Waals surface area contributed by atoms with Crippen LogP contribution in [0.15, 0.2) is 24.5 Å². The molecule has 0 N–H and O–H groups in total. The smallest absolute Gasteiger partial charge is 0.254 e. The number of carbonyl (C=O) groups excluding carboxylic acids is 1. The molecule has 8 heteroatoms. The molecule has 1 aromatic carbocycles. The molecule has 1 aliphatic heterocycles. The Labute approximate surface area is 151 Å². The van der Waals surface area contributed by atoms with Crippen LogP contribution < -0.4 is 4.90 Å². The van der Waals surface area contributed by atoms with E-state index in [2.05, 4.69) is 15.0 Å². The van der Waals surface area contributed by atoms with Crippen LogP contribution in [-0.4, -0.2) is 65.2 Å². The fourth-order valence-corrected chi connectivity index (χ4v) is 3.07. The summed E-state index contributed by atoms with van der Waals surface area (Å²) in [5.41, 5.74) is 0.306. The summed E-state index contributed by atoms with van der Waals surface area (Å²) >= 11 is 0. The summed E-state index contributed by atoms with van der Waals surface area (Å²) in [6.45, 7) is 5.23. The largest absolute Gasteiger partial charge is 0.372 e. The van der Waals surface area contributed by atoms with E-state index in [9.17, 15) is 9.18 Å². The molecule has 1 saturated heterocycles. The van der Waals surface area contributed by atoms with Gasteiger partial charge in [0.2, 0.25) is 5.95 Å². The van der Waals surface area contributed by atoms with Crippen molar-refractivity contribution in [3.8, 4) is 11.4 Å². The van der Waals surface area contributed by atoms with Crippen molar-refractivity contribution in [3.63, 3.8) is 0 Å². The highest BCUT2D eigenvalue weighted by Gasteiger charge is 2.26. The van der Waals surface area contributed by atoms with E-state index in [0.717, 1.165) is 0 Å². The number of amides is 1. The van der Waals surface area contributed by atoms with Crippen molar-refractivity contribution in [2.45, 2.75) is 26.1 Å². The molecule has 0 spiro atoms. The second-order valence-electron chi connectivity index (χ2n) is 6.63. The van der Waals surface area contributed by atoms with Crippen molar-refractivity contribution in [1.82, 2.24) is 19.9 Å². The number of hydrogen-bond acceptors (Lipinski definition) is 6. The normalized spacial score (nSPS) is 20.1. The Bertz CT molecular complexity index is 804. The monoisotopic (exact) mass is 359 g/mol. The predicted octanol–water partition coefficient (Wildman–Crippen LogP) is 1.99. The molecule has 0 unspecified atom stereocenters. The van der Waals surface area contributed by atoms with Gasteiger partial charge in [0.25, 0.3) is 5.91 Å². The summed E-state index contributed by atoms with van der Waals surface area (Å²) in [7, 11) is 3.23. The number of anilines is 1. The summed E-state index contributed by atoms with van der Waals surface area (Å²) in [6.07, 6.45) is 1.43. The molecule has 1 aromatic heterocycles. The number of carbonyl (C=O) groups is 1. The minimum absolute atomic E-state index is 0.0401. The molecule has 0 radical (unpaired) electrons. The molecule has 0 aliphatic carbocycles. The number of halogens is 1. The van der Waals surface area contributed by atoms with Crippen LogP contribution >= 0.6 is 0 Å². The first-order chi connectivity index (χ1) is 12.4. The highest BCUT2D eigenvalue weighted by Crippen LogP contribution is 2.26. The van der Waals surface area contributed by atoms with Crippen LogP contribution in [0.3, 0.4) is 0 Å². The van der Waals surface area contributed by atoms with Gasteiger partial charge in [0.1, 0.15) is 12.1 Å². The highest BCUT2D eigenvalue weighted by molar-refractivity contribution is 6.00. The van der Waals surface area contributed by atoms with Crippen LogP contribution in [-0.2, 0) is 4.74 Å². The lowest BCUT2D eigenvalue weighted by Gasteiger charge is -2.35. The van der Waals surface area contributed by atoms with E-state index < -0.39 is 5.82 Å². The summed E-state index contributed by atoms with van der Waals surface area (Å²) in [5, 5.41) is 0. The molecule has 0 bridgehead atoms. The Kier molecular flexibility index (Phi) is 5.13. The number of rotatable bonds is 3. The molecule has 26 heavy (non-hydrogen) atoms. The van der Waals surface area contributed by atoms with Gasteiger partial charge in [-0.1, -0.05) is 6.07 Å². The minimum Gasteiger partial charge on any atom is -0.372 e. The molecular formula is C18H22FN5O2. The van der Waals surface area contributed by atoms with E-state index >= 15 is 0 Å². The van der Waals surface area contributed by atoms with Gasteiger partial charge in [-0.05, 0) is 26.0 Å². The van der Waals surface area contributed by atoms with E-state index in [1.165, 1.54) is 23.4 Å². The number of benzene rings is 1. The van der Waals surface area contributed by atoms with Gasteiger partial charge >= 0.3 is 0 Å². The molecule has 2 aromatic rings. The number of hydrogen-bond donors (Lipinski definition) is 0. The summed E-state index contributed by atoms with van der Waals surface area (Å²) in [5.74, 6) is -0.262. The quantitative estimate of drug-likeness (QED) is 0.835. The van der Waals surface area contributed by atoms with Gasteiger partial charge in [-0.3, -0.25) is 4.79 Å². The lowest BCUT2D eigenvalue weighted by molar-refractivity contribution is -0.00573. The lowest BCUT2D eigenvalue weighted by atomic mass is 10.0. The fraction of sp³-hybridized carbons (Fsp3) is 0.444. The molecule has 138 valence electrons. The van der Waals surface area contributed by atoms with Crippen molar-refractivity contribution in [2.24, 2.45) is 0 Å². The third kappa shape index (κ3) is 3.65. The summed E-state index contributed by atoms with van der Waals surface area (Å²) in [6, 6.07) is 4.37. The lowest BCUT2D eigenvalue weighted by Crippen LogP contribution is -2.46. The van der Waals surface area contributed by atoms with Crippen LogP contribution in [0, 0.1) is 5.82 Å². The van der Waals surface area contributed by atoms with Gasteiger partial charge < -0.3 is 14.5 Å². The minimum atomic E-state index is -0.543. The third-order valence-electron chi connectivity index (χ3n) is 4.14. The first-order valence-corrected chi connectivity index (χ1v) is 8.46. The number of ether oxygens (including phenoxy) is 1. The first kappa shape index (κ1) is 18.2. The molecule has 0 saturated carbocycles. The Morgan fingerprint density at radius 3 is 2.58 bits per heavy atom. The Balaban J connectivity index is 2.03. The van der Waals surface area contributed by atoms with Crippen molar-refractivity contribution >= 4 is 11.9 Å². The average molecular weight is 359 g/mol. The molecule has 3 rings (SSSR count). The van der Waals surface area contributed by atoms with Crippen LogP contribution in [0.25, 0.3) is 11.4 Å². The summed E-state index contributed by atoms with van der Waals surface area (Å²) < 4.78 is 20.3. The molecular weight excluding hydrogens is 337 g/mol.